The van der Waals surface area contributed by atoms with Crippen LogP contribution < -0.4 is 11.6 Å². The van der Waals surface area contributed by atoms with Crippen LogP contribution in [0.4, 0.5) is 0 Å². The number of aldehydes is 1. The van der Waals surface area contributed by atoms with Gasteiger partial charge in [0.05, 0.1) is 11.8 Å². The van der Waals surface area contributed by atoms with Gasteiger partial charge < -0.3 is 15.4 Å². The molecule has 0 spiro atoms. The number of hydrogen-bond donors (Lipinski definition) is 3. The first-order valence-corrected chi connectivity index (χ1v) is 6.90. The van der Waals surface area contributed by atoms with Crippen molar-refractivity contribution in [1.82, 2.24) is 0 Å². The highest BCUT2D eigenvalue weighted by Crippen LogP contribution is 2.34. The molecule has 6 nitrogen and oxygen atoms in total. The molecule has 1 atom stereocenters. The molecule has 118 valence electrons. The molecule has 0 aliphatic rings. The van der Waals surface area contributed by atoms with Gasteiger partial charge in [-0.15, -0.1) is 0 Å². The van der Waals surface area contributed by atoms with Crippen LogP contribution in [0.1, 0.15) is 23.1 Å². The van der Waals surface area contributed by atoms with Crippen LogP contribution in [0.15, 0.2) is 54.6 Å². The molecule has 0 saturated carbocycles. The van der Waals surface area contributed by atoms with Crippen molar-refractivity contribution in [2.75, 3.05) is 0 Å². The molecular formula is C17H17N3O3. The molecule has 5 N–H and O–H groups in total. The number of nitrogens with one attached hydrogen (secondary N) is 1. The lowest BCUT2D eigenvalue weighted by atomic mass is 9.73. The van der Waals surface area contributed by atoms with Gasteiger partial charge in [0.25, 0.3) is 0 Å². The van der Waals surface area contributed by atoms with Gasteiger partial charge in [-0.05, 0) is 17.2 Å². The first-order valence-electron chi connectivity index (χ1n) is 6.90. The number of carbonyl (C=O) groups excluding carboxylic acids is 2. The number of benzene rings is 2. The predicted octanol–water partition coefficient (Wildman–Crippen LogP) is 1.26. The van der Waals surface area contributed by atoms with E-state index in [0.29, 0.717) is 23.0 Å². The molecule has 0 radical (unpaired) electrons. The summed E-state index contributed by atoms with van der Waals surface area (Å²) >= 11 is 0. The van der Waals surface area contributed by atoms with E-state index in [0.717, 1.165) is 0 Å². The molecule has 0 aliphatic heterocycles. The molecule has 0 saturated heterocycles. The number of amidine groups is 1. The quantitative estimate of drug-likeness (QED) is 0.321. The zero-order chi connectivity index (χ0) is 16.9. The average molecular weight is 311 g/mol. The summed E-state index contributed by atoms with van der Waals surface area (Å²) in [5, 5.41) is 7.55. The maximum atomic E-state index is 12.0. The van der Waals surface area contributed by atoms with E-state index in [1.165, 1.54) is 0 Å². The Morgan fingerprint density at radius 2 is 1.78 bits per heavy atom. The highest BCUT2D eigenvalue weighted by atomic mass is 16.7. The molecule has 0 fully saturated rings. The number of nitrogen functional groups attached to an aromatic ring is 1. The maximum Gasteiger partial charge on any atom is 0.326 e. The van der Waals surface area contributed by atoms with Crippen molar-refractivity contribution in [1.29, 1.82) is 5.41 Å². The molecule has 0 amide bonds. The zero-order valence-corrected chi connectivity index (χ0v) is 12.4. The molecular weight excluding hydrogens is 294 g/mol. The Bertz CT molecular complexity index is 731. The summed E-state index contributed by atoms with van der Waals surface area (Å²) in [5.41, 5.74) is 5.88. The SMILES string of the molecule is N=C(N)c1cccc(C(C=O)(CC(=O)ON)c2ccccc2)c1. The standard InChI is InChI=1S/C17H17N3O3/c18-16(19)12-5-4-8-14(9-12)17(11-21,10-15(22)23-20)13-6-2-1-3-7-13/h1-9,11H,10,20H2,(H3,18,19). The minimum Gasteiger partial charge on any atom is -0.384 e. The fraction of sp³-hybridized carbons (Fsp3) is 0.118. The molecule has 1 unspecified atom stereocenters. The van der Waals surface area contributed by atoms with Gasteiger partial charge in [0.2, 0.25) is 0 Å². The number of rotatable bonds is 6. The molecule has 6 heteroatoms. The third-order valence-corrected chi connectivity index (χ3v) is 3.73. The van der Waals surface area contributed by atoms with Gasteiger partial charge in [0.15, 0.2) is 0 Å². The zero-order valence-electron chi connectivity index (χ0n) is 12.4. The second kappa shape index (κ2) is 6.85. The van der Waals surface area contributed by atoms with E-state index in [2.05, 4.69) is 4.84 Å². The van der Waals surface area contributed by atoms with Crippen LogP contribution in [0.3, 0.4) is 0 Å². The van der Waals surface area contributed by atoms with E-state index in [-0.39, 0.29) is 12.3 Å². The van der Waals surface area contributed by atoms with Crippen LogP contribution in [0.25, 0.3) is 0 Å². The van der Waals surface area contributed by atoms with Crippen molar-refractivity contribution in [2.45, 2.75) is 11.8 Å². The lowest BCUT2D eigenvalue weighted by Gasteiger charge is -2.28. The topological polar surface area (TPSA) is 119 Å². The van der Waals surface area contributed by atoms with E-state index >= 15 is 0 Å². The second-order valence-corrected chi connectivity index (χ2v) is 5.12. The molecule has 2 aromatic carbocycles. The van der Waals surface area contributed by atoms with Crippen LogP contribution in [0, 0.1) is 5.41 Å². The van der Waals surface area contributed by atoms with Crippen molar-refractivity contribution < 1.29 is 14.4 Å². The summed E-state index contributed by atoms with van der Waals surface area (Å²) in [7, 11) is 0. The predicted molar refractivity (Wildman–Crippen MR) is 85.6 cm³/mol. The lowest BCUT2D eigenvalue weighted by molar-refractivity contribution is -0.146. The molecule has 0 heterocycles. The van der Waals surface area contributed by atoms with E-state index in [4.69, 9.17) is 17.0 Å². The molecule has 2 rings (SSSR count). The van der Waals surface area contributed by atoms with E-state index in [9.17, 15) is 9.59 Å². The van der Waals surface area contributed by atoms with E-state index in [1.54, 1.807) is 48.5 Å². The molecule has 2 aromatic rings. The Kier molecular flexibility index (Phi) is 4.88. The Morgan fingerprint density at radius 3 is 2.35 bits per heavy atom. The number of nitrogens with two attached hydrogens (primary N) is 2. The average Bonchev–Trinajstić information content (AvgIpc) is 2.60. The van der Waals surface area contributed by atoms with Crippen molar-refractivity contribution in [3.8, 4) is 0 Å². The van der Waals surface area contributed by atoms with Crippen molar-refractivity contribution >= 4 is 18.1 Å². The third kappa shape index (κ3) is 3.27. The summed E-state index contributed by atoms with van der Waals surface area (Å²) < 4.78 is 0. The van der Waals surface area contributed by atoms with Crippen LogP contribution in [0.2, 0.25) is 0 Å². The number of hydrogen-bond acceptors (Lipinski definition) is 5. The summed E-state index contributed by atoms with van der Waals surface area (Å²) in [6.07, 6.45) is 0.441. The Balaban J connectivity index is 2.66. The Hall–Kier alpha value is -2.99. The Morgan fingerprint density at radius 1 is 1.13 bits per heavy atom. The fourth-order valence-electron chi connectivity index (χ4n) is 2.52. The van der Waals surface area contributed by atoms with E-state index < -0.39 is 11.4 Å². The summed E-state index contributed by atoms with van der Waals surface area (Å²) in [6.45, 7) is 0. The van der Waals surface area contributed by atoms with Crippen LogP contribution in [-0.2, 0) is 19.8 Å². The van der Waals surface area contributed by atoms with Crippen molar-refractivity contribution in [3.05, 3.63) is 71.3 Å². The monoisotopic (exact) mass is 311 g/mol. The van der Waals surface area contributed by atoms with Crippen LogP contribution in [-0.4, -0.2) is 18.1 Å². The maximum absolute atomic E-state index is 12.0. The fourth-order valence-corrected chi connectivity index (χ4v) is 2.52. The van der Waals surface area contributed by atoms with Crippen molar-refractivity contribution in [2.24, 2.45) is 11.6 Å². The van der Waals surface area contributed by atoms with Gasteiger partial charge in [-0.25, -0.2) is 0 Å². The summed E-state index contributed by atoms with van der Waals surface area (Å²) in [4.78, 5) is 28.1. The first-order chi connectivity index (χ1) is 11.0. The first kappa shape index (κ1) is 16.4. The summed E-state index contributed by atoms with van der Waals surface area (Å²) in [5.74, 6) is 4.11. The second-order valence-electron chi connectivity index (χ2n) is 5.12. The minimum absolute atomic E-state index is 0.124. The third-order valence-electron chi connectivity index (χ3n) is 3.73. The van der Waals surface area contributed by atoms with Gasteiger partial charge in [-0.3, -0.25) is 10.2 Å². The Labute approximate surface area is 133 Å². The van der Waals surface area contributed by atoms with Gasteiger partial charge in [-0.2, -0.15) is 5.90 Å². The molecule has 23 heavy (non-hydrogen) atoms. The molecule has 0 bridgehead atoms. The van der Waals surface area contributed by atoms with Gasteiger partial charge in [0, 0.05) is 5.56 Å². The minimum atomic E-state index is -1.26. The molecule has 0 aliphatic carbocycles. The number of carbonyl (C=O) groups is 2. The van der Waals surface area contributed by atoms with Crippen LogP contribution >= 0.6 is 0 Å². The lowest BCUT2D eigenvalue weighted by Crippen LogP contribution is -2.34. The largest absolute Gasteiger partial charge is 0.384 e. The highest BCUT2D eigenvalue weighted by Gasteiger charge is 2.37. The molecule has 0 aromatic heterocycles. The van der Waals surface area contributed by atoms with E-state index in [1.807, 2.05) is 6.07 Å². The summed E-state index contributed by atoms with van der Waals surface area (Å²) in [6, 6.07) is 15.5. The van der Waals surface area contributed by atoms with Gasteiger partial charge in [0.1, 0.15) is 12.1 Å². The highest BCUT2D eigenvalue weighted by molar-refractivity contribution is 5.95. The van der Waals surface area contributed by atoms with Crippen molar-refractivity contribution in [3.63, 3.8) is 0 Å². The normalized spacial score (nSPS) is 12.9. The van der Waals surface area contributed by atoms with Crippen LogP contribution in [0.5, 0.6) is 0 Å². The smallest absolute Gasteiger partial charge is 0.326 e. The van der Waals surface area contributed by atoms with Gasteiger partial charge >= 0.3 is 5.97 Å². The van der Waals surface area contributed by atoms with Gasteiger partial charge in [-0.1, -0.05) is 48.5 Å².